The molecular weight excluding hydrogens is 436 g/mol. The molecule has 1 saturated heterocycles. The molecule has 1 aliphatic rings. The Morgan fingerprint density at radius 1 is 0.758 bits per heavy atom. The minimum atomic E-state index is -3.72. The lowest BCUT2D eigenvalue weighted by molar-refractivity contribution is 0.0700. The number of carbonyl (C=O) groups excluding carboxylic acids is 1. The van der Waals surface area contributed by atoms with Crippen molar-refractivity contribution in [1.82, 2.24) is 9.21 Å². The van der Waals surface area contributed by atoms with Crippen molar-refractivity contribution in [3.8, 4) is 5.75 Å². The third kappa shape index (κ3) is 3.73. The Balaban J connectivity index is 1.39. The van der Waals surface area contributed by atoms with Gasteiger partial charge in [0.1, 0.15) is 5.75 Å². The monoisotopic (exact) mass is 460 g/mol. The molecule has 0 bridgehead atoms. The molecule has 0 unspecified atom stereocenters. The average molecular weight is 461 g/mol. The topological polar surface area (TPSA) is 66.9 Å². The molecule has 0 aliphatic carbocycles. The van der Waals surface area contributed by atoms with E-state index in [4.69, 9.17) is 4.74 Å². The molecule has 4 aromatic carbocycles. The SMILES string of the molecule is COc1ccc(S(=O)(=O)N2CCN(C(=O)c3cccc4ccccc34)CC2)c2ccccc12. The molecule has 4 aromatic rings. The Morgan fingerprint density at radius 3 is 2.12 bits per heavy atom. The maximum absolute atomic E-state index is 13.5. The number of carbonyl (C=O) groups is 1. The van der Waals surface area contributed by atoms with Gasteiger partial charge >= 0.3 is 0 Å². The van der Waals surface area contributed by atoms with Crippen molar-refractivity contribution >= 4 is 37.5 Å². The van der Waals surface area contributed by atoms with Gasteiger partial charge in [-0.25, -0.2) is 8.42 Å². The number of hydrogen-bond donors (Lipinski definition) is 0. The predicted molar refractivity (Wildman–Crippen MR) is 129 cm³/mol. The lowest BCUT2D eigenvalue weighted by Gasteiger charge is -2.34. The van der Waals surface area contributed by atoms with Gasteiger partial charge in [-0.3, -0.25) is 4.79 Å². The minimum absolute atomic E-state index is 0.0706. The summed E-state index contributed by atoms with van der Waals surface area (Å²) in [5.74, 6) is 0.564. The van der Waals surface area contributed by atoms with Crippen molar-refractivity contribution in [3.63, 3.8) is 0 Å². The first-order valence-electron chi connectivity index (χ1n) is 10.8. The number of benzene rings is 4. The van der Waals surface area contributed by atoms with Crippen molar-refractivity contribution in [2.24, 2.45) is 0 Å². The van der Waals surface area contributed by atoms with Crippen LogP contribution < -0.4 is 4.74 Å². The van der Waals surface area contributed by atoms with Gasteiger partial charge in [-0.05, 0) is 29.0 Å². The van der Waals surface area contributed by atoms with E-state index in [9.17, 15) is 13.2 Å². The molecular formula is C26H24N2O4S. The van der Waals surface area contributed by atoms with E-state index in [0.717, 1.165) is 16.2 Å². The highest BCUT2D eigenvalue weighted by Gasteiger charge is 2.32. The summed E-state index contributed by atoms with van der Waals surface area (Å²) < 4.78 is 33.9. The first-order chi connectivity index (χ1) is 16.0. The smallest absolute Gasteiger partial charge is 0.254 e. The Morgan fingerprint density at radius 2 is 1.39 bits per heavy atom. The van der Waals surface area contributed by atoms with Gasteiger partial charge in [0.05, 0.1) is 12.0 Å². The summed E-state index contributed by atoms with van der Waals surface area (Å²) in [4.78, 5) is 15.2. The summed E-state index contributed by atoms with van der Waals surface area (Å²) in [5, 5.41) is 3.30. The van der Waals surface area contributed by atoms with Gasteiger partial charge in [-0.2, -0.15) is 4.31 Å². The standard InChI is InChI=1S/C26H24N2O4S/c1-32-24-13-14-25(22-11-5-4-10-21(22)24)33(30,31)28-17-15-27(16-18-28)26(29)23-12-6-8-19-7-2-3-9-20(19)23/h2-14H,15-18H2,1H3. The Hall–Kier alpha value is -3.42. The van der Waals surface area contributed by atoms with E-state index in [1.165, 1.54) is 4.31 Å². The maximum Gasteiger partial charge on any atom is 0.254 e. The number of sulfonamides is 1. The molecule has 6 nitrogen and oxygen atoms in total. The predicted octanol–water partition coefficient (Wildman–Crippen LogP) is 4.15. The van der Waals surface area contributed by atoms with Crippen LogP contribution in [0.25, 0.3) is 21.5 Å². The van der Waals surface area contributed by atoms with Gasteiger partial charge in [-0.15, -0.1) is 0 Å². The number of methoxy groups -OCH3 is 1. The van der Waals surface area contributed by atoms with Gasteiger partial charge in [-0.1, -0.05) is 60.7 Å². The van der Waals surface area contributed by atoms with Crippen LogP contribution >= 0.6 is 0 Å². The molecule has 1 heterocycles. The van der Waals surface area contributed by atoms with Crippen LogP contribution in [-0.4, -0.2) is 56.8 Å². The molecule has 7 heteroatoms. The fourth-order valence-electron chi connectivity index (χ4n) is 4.50. The zero-order valence-electron chi connectivity index (χ0n) is 18.3. The van der Waals surface area contributed by atoms with E-state index in [1.807, 2.05) is 60.7 Å². The van der Waals surface area contributed by atoms with Gasteiger partial charge in [0, 0.05) is 42.5 Å². The summed E-state index contributed by atoms with van der Waals surface area (Å²) >= 11 is 0. The van der Waals surface area contributed by atoms with E-state index in [2.05, 4.69) is 0 Å². The summed E-state index contributed by atoms with van der Waals surface area (Å²) in [7, 11) is -2.15. The number of amides is 1. The highest BCUT2D eigenvalue weighted by Crippen LogP contribution is 2.32. The molecule has 0 atom stereocenters. The minimum Gasteiger partial charge on any atom is -0.496 e. The molecule has 0 N–H and O–H groups in total. The molecule has 0 aromatic heterocycles. The van der Waals surface area contributed by atoms with Gasteiger partial charge in [0.25, 0.3) is 5.91 Å². The number of ether oxygens (including phenoxy) is 1. The highest BCUT2D eigenvalue weighted by atomic mass is 32.2. The summed E-state index contributed by atoms with van der Waals surface area (Å²) in [6.45, 7) is 1.18. The van der Waals surface area contributed by atoms with Crippen LogP contribution in [0, 0.1) is 0 Å². The molecule has 1 fully saturated rings. The normalized spacial score (nSPS) is 15.1. The van der Waals surface area contributed by atoms with Crippen LogP contribution in [-0.2, 0) is 10.0 Å². The first kappa shape index (κ1) is 21.4. The second-order valence-corrected chi connectivity index (χ2v) is 9.94. The molecule has 33 heavy (non-hydrogen) atoms. The van der Waals surface area contributed by atoms with Crippen molar-refractivity contribution < 1.29 is 17.9 Å². The van der Waals surface area contributed by atoms with E-state index in [-0.39, 0.29) is 23.9 Å². The number of fused-ring (bicyclic) bond motifs is 2. The van der Waals surface area contributed by atoms with Crippen LogP contribution in [0.5, 0.6) is 5.75 Å². The fourth-order valence-corrected chi connectivity index (χ4v) is 6.12. The Kier molecular flexibility index (Phi) is 5.52. The van der Waals surface area contributed by atoms with Crippen LogP contribution in [0.4, 0.5) is 0 Å². The molecule has 1 amide bonds. The van der Waals surface area contributed by atoms with Crippen molar-refractivity contribution in [1.29, 1.82) is 0 Å². The van der Waals surface area contributed by atoms with Crippen LogP contribution in [0.2, 0.25) is 0 Å². The summed E-state index contributed by atoms with van der Waals surface area (Å²) in [5.41, 5.74) is 0.644. The maximum atomic E-state index is 13.5. The number of hydrogen-bond acceptors (Lipinski definition) is 4. The zero-order valence-corrected chi connectivity index (χ0v) is 19.1. The van der Waals surface area contributed by atoms with Crippen molar-refractivity contribution in [2.75, 3.05) is 33.3 Å². The lowest BCUT2D eigenvalue weighted by atomic mass is 10.0. The van der Waals surface area contributed by atoms with E-state index in [1.54, 1.807) is 30.2 Å². The largest absolute Gasteiger partial charge is 0.496 e. The quantitative estimate of drug-likeness (QED) is 0.459. The second-order valence-electron chi connectivity index (χ2n) is 8.03. The molecule has 1 aliphatic heterocycles. The number of piperazine rings is 1. The van der Waals surface area contributed by atoms with Crippen LogP contribution in [0.1, 0.15) is 10.4 Å². The number of rotatable bonds is 4. The van der Waals surface area contributed by atoms with Crippen molar-refractivity contribution in [2.45, 2.75) is 4.90 Å². The molecule has 0 radical (unpaired) electrons. The number of nitrogens with zero attached hydrogens (tertiary/aromatic N) is 2. The molecule has 5 rings (SSSR count). The van der Waals surface area contributed by atoms with E-state index >= 15 is 0 Å². The molecule has 0 spiro atoms. The Bertz CT molecular complexity index is 1450. The Labute approximate surface area is 193 Å². The van der Waals surface area contributed by atoms with Gasteiger partial charge in [0.15, 0.2) is 0 Å². The lowest BCUT2D eigenvalue weighted by Crippen LogP contribution is -2.50. The first-order valence-corrected chi connectivity index (χ1v) is 12.3. The third-order valence-electron chi connectivity index (χ3n) is 6.23. The summed E-state index contributed by atoms with van der Waals surface area (Å²) in [6, 6.07) is 24.1. The van der Waals surface area contributed by atoms with Crippen LogP contribution in [0.3, 0.4) is 0 Å². The summed E-state index contributed by atoms with van der Waals surface area (Å²) in [6.07, 6.45) is 0. The van der Waals surface area contributed by atoms with Gasteiger partial charge < -0.3 is 9.64 Å². The fraction of sp³-hybridized carbons (Fsp3) is 0.192. The third-order valence-corrected chi connectivity index (χ3v) is 8.18. The van der Waals surface area contributed by atoms with Crippen LogP contribution in [0.15, 0.2) is 83.8 Å². The average Bonchev–Trinajstić information content (AvgIpc) is 2.87. The van der Waals surface area contributed by atoms with Gasteiger partial charge in [0.2, 0.25) is 10.0 Å². The second kappa shape index (κ2) is 8.50. The van der Waals surface area contributed by atoms with E-state index < -0.39 is 10.0 Å². The van der Waals surface area contributed by atoms with E-state index in [0.29, 0.717) is 29.8 Å². The molecule has 0 saturated carbocycles. The van der Waals surface area contributed by atoms with Crippen molar-refractivity contribution in [3.05, 3.63) is 84.4 Å². The highest BCUT2D eigenvalue weighted by molar-refractivity contribution is 7.89. The zero-order chi connectivity index (χ0) is 23.0. The molecule has 168 valence electrons.